The molecule has 0 saturated heterocycles. The zero-order valence-corrected chi connectivity index (χ0v) is 15.0. The van der Waals surface area contributed by atoms with Crippen LogP contribution >= 0.6 is 0 Å². The molecule has 0 bridgehead atoms. The van der Waals surface area contributed by atoms with E-state index in [2.05, 4.69) is 42.9 Å². The Morgan fingerprint density at radius 1 is 1.00 bits per heavy atom. The lowest BCUT2D eigenvalue weighted by Gasteiger charge is -2.13. The van der Waals surface area contributed by atoms with Gasteiger partial charge >= 0.3 is 6.03 Å². The highest BCUT2D eigenvalue weighted by atomic mass is 16.2. The monoisotopic (exact) mass is 370 g/mol. The number of hydrogen-bond donors (Lipinski definition) is 3. The summed E-state index contributed by atoms with van der Waals surface area (Å²) in [5.74, 6) is 0.492. The number of benzene rings is 1. The molecule has 0 atom stereocenters. The van der Waals surface area contributed by atoms with Crippen molar-refractivity contribution in [1.29, 1.82) is 0 Å². The largest absolute Gasteiger partial charge is 0.334 e. The minimum absolute atomic E-state index is 0.104. The van der Waals surface area contributed by atoms with Crippen LogP contribution in [0, 0.1) is 0 Å². The van der Waals surface area contributed by atoms with Crippen LogP contribution in [0.1, 0.15) is 11.1 Å². The molecule has 1 aromatic carbocycles. The predicted molar refractivity (Wildman–Crippen MR) is 107 cm³/mol. The molecule has 3 N–H and O–H groups in total. The third-order valence-corrected chi connectivity index (χ3v) is 5.00. The van der Waals surface area contributed by atoms with Gasteiger partial charge in [-0.15, -0.1) is 0 Å². The van der Waals surface area contributed by atoms with Crippen molar-refractivity contribution in [3.05, 3.63) is 72.2 Å². The fraction of sp³-hybridized carbons (Fsp3) is 0.143. The molecular weight excluding hydrogens is 352 g/mol. The smallest absolute Gasteiger partial charge is 0.320 e. The van der Waals surface area contributed by atoms with Gasteiger partial charge in [0.2, 0.25) is 0 Å². The second-order valence-electron chi connectivity index (χ2n) is 6.92. The van der Waals surface area contributed by atoms with Gasteiger partial charge in [0.1, 0.15) is 5.82 Å². The fourth-order valence-electron chi connectivity index (χ4n) is 3.64. The molecule has 0 radical (unpaired) electrons. The molecule has 0 unspecified atom stereocenters. The van der Waals surface area contributed by atoms with Crippen molar-refractivity contribution >= 4 is 22.9 Å². The number of urea groups is 1. The molecule has 7 heteroatoms. The topological polar surface area (TPSA) is 95.6 Å². The summed E-state index contributed by atoms with van der Waals surface area (Å²) in [5.41, 5.74) is 5.94. The Hall–Kier alpha value is -3.74. The van der Waals surface area contributed by atoms with E-state index in [9.17, 15) is 4.79 Å². The van der Waals surface area contributed by atoms with Crippen molar-refractivity contribution in [3.8, 4) is 11.1 Å². The molecule has 3 heterocycles. The van der Waals surface area contributed by atoms with E-state index in [1.807, 2.05) is 24.3 Å². The van der Waals surface area contributed by atoms with Crippen molar-refractivity contribution in [2.24, 2.45) is 0 Å². The summed E-state index contributed by atoms with van der Waals surface area (Å²) < 4.78 is 0. The van der Waals surface area contributed by atoms with Gasteiger partial charge in [0.05, 0.1) is 17.2 Å². The number of anilines is 1. The summed E-state index contributed by atoms with van der Waals surface area (Å²) in [6, 6.07) is 13.7. The average Bonchev–Trinajstić information content (AvgIpc) is 3.36. The number of aromatic nitrogens is 4. The van der Waals surface area contributed by atoms with Crippen molar-refractivity contribution in [3.63, 3.8) is 0 Å². The quantitative estimate of drug-likeness (QED) is 0.515. The molecule has 0 fully saturated rings. The summed E-state index contributed by atoms with van der Waals surface area (Å²) in [4.78, 5) is 21.4. The van der Waals surface area contributed by atoms with Gasteiger partial charge in [0.15, 0.2) is 0 Å². The number of H-pyrrole nitrogens is 1. The highest BCUT2D eigenvalue weighted by Crippen LogP contribution is 2.23. The number of nitrogens with one attached hydrogen (secondary N) is 3. The van der Waals surface area contributed by atoms with Gasteiger partial charge in [0, 0.05) is 29.6 Å². The van der Waals surface area contributed by atoms with E-state index in [-0.39, 0.29) is 12.1 Å². The molecule has 2 amide bonds. The minimum atomic E-state index is -0.247. The lowest BCUT2D eigenvalue weighted by Crippen LogP contribution is -2.38. The highest BCUT2D eigenvalue weighted by molar-refractivity contribution is 5.90. The van der Waals surface area contributed by atoms with Gasteiger partial charge in [-0.25, -0.2) is 9.78 Å². The van der Waals surface area contributed by atoms with Crippen LogP contribution in [0.5, 0.6) is 0 Å². The minimum Gasteiger partial charge on any atom is -0.334 e. The standard InChI is InChI=1S/C21H18N6O/c28-21(25-17-7-13-3-1-2-4-14(13)8-17)27-20-6-5-18-19(26-20)9-15(10-22-18)16-11-23-24-12-16/h1-6,9-12,17H,7-8H2,(H,23,24)(H2,25,26,27,28). The second kappa shape index (κ2) is 6.77. The summed E-state index contributed by atoms with van der Waals surface area (Å²) in [5, 5.41) is 12.6. The molecule has 0 saturated carbocycles. The summed E-state index contributed by atoms with van der Waals surface area (Å²) in [6.45, 7) is 0. The molecule has 1 aliphatic carbocycles. The van der Waals surface area contributed by atoms with E-state index in [1.165, 1.54) is 11.1 Å². The van der Waals surface area contributed by atoms with E-state index in [0.717, 1.165) is 29.5 Å². The van der Waals surface area contributed by atoms with Crippen LogP contribution in [0.2, 0.25) is 0 Å². The van der Waals surface area contributed by atoms with Crippen LogP contribution in [-0.2, 0) is 12.8 Å². The van der Waals surface area contributed by atoms with E-state index in [1.54, 1.807) is 24.7 Å². The fourth-order valence-corrected chi connectivity index (χ4v) is 3.64. The number of fused-ring (bicyclic) bond motifs is 2. The van der Waals surface area contributed by atoms with E-state index in [0.29, 0.717) is 11.3 Å². The summed E-state index contributed by atoms with van der Waals surface area (Å²) in [6.07, 6.45) is 7.03. The predicted octanol–water partition coefficient (Wildman–Crippen LogP) is 3.31. The van der Waals surface area contributed by atoms with Crippen LogP contribution < -0.4 is 10.6 Å². The number of aromatic amines is 1. The molecule has 138 valence electrons. The molecule has 5 rings (SSSR count). The number of amides is 2. The van der Waals surface area contributed by atoms with Crippen LogP contribution in [0.3, 0.4) is 0 Å². The first-order valence-corrected chi connectivity index (χ1v) is 9.15. The Balaban J connectivity index is 1.30. The van der Waals surface area contributed by atoms with E-state index >= 15 is 0 Å². The van der Waals surface area contributed by atoms with Gasteiger partial charge in [0.25, 0.3) is 0 Å². The Kier molecular flexibility index (Phi) is 3.97. The molecule has 4 aromatic rings. The molecule has 0 spiro atoms. The average molecular weight is 370 g/mol. The van der Waals surface area contributed by atoms with Gasteiger partial charge < -0.3 is 5.32 Å². The van der Waals surface area contributed by atoms with Crippen molar-refractivity contribution in [1.82, 2.24) is 25.5 Å². The third-order valence-electron chi connectivity index (χ3n) is 5.00. The van der Waals surface area contributed by atoms with Crippen LogP contribution in [0.25, 0.3) is 22.2 Å². The van der Waals surface area contributed by atoms with Crippen LogP contribution in [0.4, 0.5) is 10.6 Å². The van der Waals surface area contributed by atoms with Crippen molar-refractivity contribution in [2.75, 3.05) is 5.32 Å². The first kappa shape index (κ1) is 16.4. The van der Waals surface area contributed by atoms with Gasteiger partial charge in [-0.05, 0) is 42.2 Å². The van der Waals surface area contributed by atoms with Crippen molar-refractivity contribution in [2.45, 2.75) is 18.9 Å². The first-order chi connectivity index (χ1) is 13.7. The summed E-state index contributed by atoms with van der Waals surface area (Å²) >= 11 is 0. The molecule has 28 heavy (non-hydrogen) atoms. The number of pyridine rings is 2. The van der Waals surface area contributed by atoms with Gasteiger partial charge in [-0.3, -0.25) is 15.4 Å². The van der Waals surface area contributed by atoms with Gasteiger partial charge in [-0.1, -0.05) is 24.3 Å². The Morgan fingerprint density at radius 3 is 2.57 bits per heavy atom. The van der Waals surface area contributed by atoms with E-state index < -0.39 is 0 Å². The number of rotatable bonds is 3. The van der Waals surface area contributed by atoms with E-state index in [4.69, 9.17) is 0 Å². The molecule has 0 aliphatic heterocycles. The lowest BCUT2D eigenvalue weighted by molar-refractivity contribution is 0.248. The maximum Gasteiger partial charge on any atom is 0.320 e. The Labute approximate surface area is 161 Å². The normalized spacial score (nSPS) is 13.4. The molecular formula is C21H18N6O. The number of carbonyl (C=O) groups is 1. The molecule has 3 aromatic heterocycles. The zero-order valence-electron chi connectivity index (χ0n) is 15.0. The number of hydrogen-bond acceptors (Lipinski definition) is 4. The first-order valence-electron chi connectivity index (χ1n) is 9.15. The van der Waals surface area contributed by atoms with Crippen molar-refractivity contribution < 1.29 is 4.79 Å². The van der Waals surface area contributed by atoms with Crippen LogP contribution in [0.15, 0.2) is 61.1 Å². The lowest BCUT2D eigenvalue weighted by atomic mass is 10.1. The molecule has 1 aliphatic rings. The third kappa shape index (κ3) is 3.18. The highest BCUT2D eigenvalue weighted by Gasteiger charge is 2.22. The Morgan fingerprint density at radius 2 is 1.82 bits per heavy atom. The number of nitrogens with zero attached hydrogens (tertiary/aromatic N) is 3. The SMILES string of the molecule is O=C(Nc1ccc2ncc(-c3cn[nH]c3)cc2n1)NC1Cc2ccccc2C1. The second-order valence-corrected chi connectivity index (χ2v) is 6.92. The number of carbonyl (C=O) groups excluding carboxylic acids is 1. The maximum atomic E-state index is 12.4. The Bertz CT molecular complexity index is 1130. The van der Waals surface area contributed by atoms with Crippen LogP contribution in [-0.4, -0.2) is 32.2 Å². The summed E-state index contributed by atoms with van der Waals surface area (Å²) in [7, 11) is 0. The van der Waals surface area contributed by atoms with Gasteiger partial charge in [-0.2, -0.15) is 5.10 Å². The zero-order chi connectivity index (χ0) is 18.9. The molecule has 7 nitrogen and oxygen atoms in total. The maximum absolute atomic E-state index is 12.4.